The quantitative estimate of drug-likeness (QED) is 0.776. The smallest absolute Gasteiger partial charge is 0.230 e. The third-order valence-electron chi connectivity index (χ3n) is 4.98. The molecule has 1 aromatic heterocycles. The number of fused-ring (bicyclic) bond motifs is 1. The molecular formula is C15H18N2O2. The number of carbonyl (C=O) groups is 1. The van der Waals surface area contributed by atoms with Crippen molar-refractivity contribution in [3.63, 3.8) is 0 Å². The minimum Gasteiger partial charge on any atom is -0.489 e. The van der Waals surface area contributed by atoms with Crippen molar-refractivity contribution >= 4 is 11.6 Å². The van der Waals surface area contributed by atoms with Crippen LogP contribution in [0.25, 0.3) is 0 Å². The summed E-state index contributed by atoms with van der Waals surface area (Å²) in [4.78, 5) is 18.7. The van der Waals surface area contributed by atoms with Crippen LogP contribution in [0.2, 0.25) is 0 Å². The summed E-state index contributed by atoms with van der Waals surface area (Å²) in [5.74, 6) is 1.33. The van der Waals surface area contributed by atoms with Crippen LogP contribution < -0.4 is 9.64 Å². The zero-order valence-corrected chi connectivity index (χ0v) is 11.0. The third-order valence-corrected chi connectivity index (χ3v) is 4.98. The molecule has 0 saturated heterocycles. The van der Waals surface area contributed by atoms with E-state index in [1.165, 1.54) is 25.7 Å². The number of amides is 1. The van der Waals surface area contributed by atoms with Gasteiger partial charge in [-0.25, -0.2) is 0 Å². The fourth-order valence-electron chi connectivity index (χ4n) is 3.81. The number of rotatable bonds is 1. The molecule has 1 aliphatic heterocycles. The van der Waals surface area contributed by atoms with E-state index in [2.05, 4.69) is 4.98 Å². The number of hydrogen-bond donors (Lipinski definition) is 0. The van der Waals surface area contributed by atoms with Gasteiger partial charge >= 0.3 is 0 Å². The Morgan fingerprint density at radius 3 is 3.11 bits per heavy atom. The zero-order valence-electron chi connectivity index (χ0n) is 11.0. The average molecular weight is 258 g/mol. The molecule has 2 heterocycles. The maximum atomic E-state index is 12.7. The van der Waals surface area contributed by atoms with Crippen molar-refractivity contribution in [3.8, 4) is 5.75 Å². The van der Waals surface area contributed by atoms with Crippen LogP contribution >= 0.6 is 0 Å². The van der Waals surface area contributed by atoms with Crippen LogP contribution in [-0.2, 0) is 4.79 Å². The van der Waals surface area contributed by atoms with Crippen LogP contribution in [0.15, 0.2) is 18.5 Å². The molecule has 4 nitrogen and oxygen atoms in total. The van der Waals surface area contributed by atoms with Crippen LogP contribution in [-0.4, -0.2) is 24.0 Å². The molecule has 1 aromatic rings. The molecule has 0 bridgehead atoms. The number of pyridine rings is 1. The van der Waals surface area contributed by atoms with Gasteiger partial charge in [-0.15, -0.1) is 0 Å². The highest BCUT2D eigenvalue weighted by molar-refractivity contribution is 5.98. The van der Waals surface area contributed by atoms with Gasteiger partial charge in [0.15, 0.2) is 0 Å². The van der Waals surface area contributed by atoms with Crippen molar-refractivity contribution in [1.82, 2.24) is 4.98 Å². The first-order valence-electron chi connectivity index (χ1n) is 7.18. The molecule has 4 heteroatoms. The summed E-state index contributed by atoms with van der Waals surface area (Å²) in [5.41, 5.74) is 1.20. The van der Waals surface area contributed by atoms with Crippen LogP contribution in [0, 0.1) is 11.3 Å². The Kier molecular flexibility index (Phi) is 2.34. The van der Waals surface area contributed by atoms with Crippen LogP contribution in [0.5, 0.6) is 5.75 Å². The van der Waals surface area contributed by atoms with E-state index in [4.69, 9.17) is 4.74 Å². The van der Waals surface area contributed by atoms with Crippen molar-refractivity contribution in [2.24, 2.45) is 11.3 Å². The van der Waals surface area contributed by atoms with E-state index in [1.54, 1.807) is 12.4 Å². The largest absolute Gasteiger partial charge is 0.489 e. The molecule has 0 N–H and O–H groups in total. The van der Waals surface area contributed by atoms with E-state index in [0.717, 1.165) is 17.9 Å². The average Bonchev–Trinajstić information content (AvgIpc) is 2.95. The minimum atomic E-state index is 0.251. The predicted octanol–water partition coefficient (Wildman–Crippen LogP) is 2.39. The normalized spacial score (nSPS) is 26.9. The summed E-state index contributed by atoms with van der Waals surface area (Å²) >= 11 is 0. The lowest BCUT2D eigenvalue weighted by molar-refractivity contribution is -0.120. The molecule has 19 heavy (non-hydrogen) atoms. The highest BCUT2D eigenvalue weighted by Gasteiger charge is 2.59. The van der Waals surface area contributed by atoms with E-state index in [-0.39, 0.29) is 5.92 Å². The van der Waals surface area contributed by atoms with Gasteiger partial charge in [0.1, 0.15) is 18.0 Å². The van der Waals surface area contributed by atoms with Gasteiger partial charge in [-0.3, -0.25) is 9.78 Å². The minimum absolute atomic E-state index is 0.251. The Labute approximate surface area is 112 Å². The lowest BCUT2D eigenvalue weighted by Crippen LogP contribution is -2.39. The monoisotopic (exact) mass is 258 g/mol. The second-order valence-corrected chi connectivity index (χ2v) is 6.01. The molecule has 2 aliphatic carbocycles. The van der Waals surface area contributed by atoms with Crippen molar-refractivity contribution < 1.29 is 9.53 Å². The second kappa shape index (κ2) is 3.95. The van der Waals surface area contributed by atoms with Crippen molar-refractivity contribution in [2.75, 3.05) is 18.1 Å². The fraction of sp³-hybridized carbons (Fsp3) is 0.600. The lowest BCUT2D eigenvalue weighted by Gasteiger charge is -2.29. The molecule has 100 valence electrons. The van der Waals surface area contributed by atoms with E-state index >= 15 is 0 Å². The highest BCUT2D eigenvalue weighted by Crippen LogP contribution is 2.63. The summed E-state index contributed by atoms with van der Waals surface area (Å²) in [6, 6.07) is 1.84. The number of aromatic nitrogens is 1. The maximum Gasteiger partial charge on any atom is 0.230 e. The fourth-order valence-corrected chi connectivity index (χ4v) is 3.81. The van der Waals surface area contributed by atoms with Gasteiger partial charge < -0.3 is 9.64 Å². The molecule has 2 saturated carbocycles. The molecule has 0 radical (unpaired) electrons. The number of hydrogen-bond acceptors (Lipinski definition) is 3. The Hall–Kier alpha value is -1.58. The van der Waals surface area contributed by atoms with Gasteiger partial charge in [0, 0.05) is 18.2 Å². The van der Waals surface area contributed by atoms with Gasteiger partial charge in [-0.1, -0.05) is 12.8 Å². The number of nitrogens with zero attached hydrogens (tertiary/aromatic N) is 2. The standard InChI is InChI=1S/C15H18N2O2/c18-14(11-9-15(11)4-1-2-5-15)17-7-8-19-13-3-6-16-10-12(13)17/h3,6,10-11H,1-2,4-5,7-9H2. The Balaban J connectivity index is 1.59. The molecular weight excluding hydrogens is 240 g/mol. The van der Waals surface area contributed by atoms with E-state index in [9.17, 15) is 4.79 Å². The number of anilines is 1. The van der Waals surface area contributed by atoms with E-state index < -0.39 is 0 Å². The Bertz CT molecular complexity index is 523. The first-order chi connectivity index (χ1) is 9.30. The molecule has 1 unspecified atom stereocenters. The van der Waals surface area contributed by atoms with Crippen molar-refractivity contribution in [1.29, 1.82) is 0 Å². The van der Waals surface area contributed by atoms with Gasteiger partial charge in [0.25, 0.3) is 0 Å². The Morgan fingerprint density at radius 1 is 1.42 bits per heavy atom. The van der Waals surface area contributed by atoms with Crippen LogP contribution in [0.3, 0.4) is 0 Å². The Morgan fingerprint density at radius 2 is 2.26 bits per heavy atom. The molecule has 1 amide bonds. The summed E-state index contributed by atoms with van der Waals surface area (Å²) in [7, 11) is 0. The van der Waals surface area contributed by atoms with Gasteiger partial charge in [-0.2, -0.15) is 0 Å². The SMILES string of the molecule is O=C(C1CC12CCCC2)N1CCOc2ccncc21. The summed E-state index contributed by atoms with van der Waals surface area (Å²) < 4.78 is 5.59. The van der Waals surface area contributed by atoms with E-state index in [1.807, 2.05) is 11.0 Å². The molecule has 2 fully saturated rings. The third kappa shape index (κ3) is 1.66. The van der Waals surface area contributed by atoms with Gasteiger partial charge in [-0.05, 0) is 24.7 Å². The summed E-state index contributed by atoms with van der Waals surface area (Å²) in [5, 5.41) is 0. The van der Waals surface area contributed by atoms with E-state index in [0.29, 0.717) is 24.5 Å². The van der Waals surface area contributed by atoms with Crippen LogP contribution in [0.4, 0.5) is 5.69 Å². The molecule has 0 aromatic carbocycles. The molecule has 1 spiro atoms. The lowest BCUT2D eigenvalue weighted by atomic mass is 10.0. The maximum absolute atomic E-state index is 12.7. The first kappa shape index (κ1) is 11.3. The second-order valence-electron chi connectivity index (χ2n) is 6.01. The summed E-state index contributed by atoms with van der Waals surface area (Å²) in [6.45, 7) is 1.24. The predicted molar refractivity (Wildman–Crippen MR) is 71.1 cm³/mol. The van der Waals surface area contributed by atoms with Crippen molar-refractivity contribution in [2.45, 2.75) is 32.1 Å². The summed E-state index contributed by atoms with van der Waals surface area (Å²) in [6.07, 6.45) is 9.63. The number of ether oxygens (including phenoxy) is 1. The topological polar surface area (TPSA) is 42.4 Å². The van der Waals surface area contributed by atoms with Gasteiger partial charge in [0.05, 0.1) is 12.7 Å². The highest BCUT2D eigenvalue weighted by atomic mass is 16.5. The zero-order chi connectivity index (χ0) is 12.9. The number of carbonyl (C=O) groups excluding carboxylic acids is 1. The molecule has 4 rings (SSSR count). The first-order valence-corrected chi connectivity index (χ1v) is 7.18. The van der Waals surface area contributed by atoms with Crippen LogP contribution in [0.1, 0.15) is 32.1 Å². The molecule has 1 atom stereocenters. The van der Waals surface area contributed by atoms with Gasteiger partial charge in [0.2, 0.25) is 5.91 Å². The molecule has 3 aliphatic rings. The van der Waals surface area contributed by atoms with Crippen molar-refractivity contribution in [3.05, 3.63) is 18.5 Å².